The molecule has 0 fully saturated rings. The Morgan fingerprint density at radius 2 is 2.00 bits per heavy atom. The summed E-state index contributed by atoms with van der Waals surface area (Å²) in [6.07, 6.45) is 0. The Labute approximate surface area is 139 Å². The first-order chi connectivity index (χ1) is 11.4. The Balaban J connectivity index is 2.09. The normalized spacial score (nSPS) is 13.6. The van der Waals surface area contributed by atoms with Crippen LogP contribution in [0.5, 0.6) is 11.5 Å². The zero-order valence-corrected chi connectivity index (χ0v) is 13.6. The van der Waals surface area contributed by atoms with Gasteiger partial charge in [0.15, 0.2) is 0 Å². The smallest absolute Gasteiger partial charge is 0.294 e. The van der Waals surface area contributed by atoms with E-state index in [9.17, 15) is 8.42 Å². The van der Waals surface area contributed by atoms with Crippen LogP contribution in [0.4, 0.5) is 11.4 Å². The van der Waals surface area contributed by atoms with Crippen LogP contribution in [0.25, 0.3) is 0 Å². The van der Waals surface area contributed by atoms with E-state index in [2.05, 4.69) is 6.07 Å². The molecule has 124 valence electrons. The first kappa shape index (κ1) is 16.1. The highest BCUT2D eigenvalue weighted by atomic mass is 32.2. The lowest BCUT2D eigenvalue weighted by molar-refractivity contribution is 0.312. The van der Waals surface area contributed by atoms with Gasteiger partial charge in [-0.05, 0) is 24.3 Å². The maximum absolute atomic E-state index is 11.3. The zero-order chi connectivity index (χ0) is 17.3. The SMILES string of the molecule is COc1cc(C#N)ccc1N1CCOc2cc(S(=O)(=O)O)ccc21. The van der Waals surface area contributed by atoms with Crippen LogP contribution in [-0.2, 0) is 10.1 Å². The third-order valence-electron chi connectivity index (χ3n) is 3.69. The van der Waals surface area contributed by atoms with Gasteiger partial charge in [-0.15, -0.1) is 0 Å². The summed E-state index contributed by atoms with van der Waals surface area (Å²) in [5.41, 5.74) is 1.86. The highest BCUT2D eigenvalue weighted by Crippen LogP contribution is 2.41. The molecule has 1 heterocycles. The number of ether oxygens (including phenoxy) is 2. The minimum Gasteiger partial charge on any atom is -0.495 e. The molecule has 0 aromatic heterocycles. The molecule has 0 bridgehead atoms. The van der Waals surface area contributed by atoms with Crippen LogP contribution >= 0.6 is 0 Å². The largest absolute Gasteiger partial charge is 0.495 e. The molecule has 0 amide bonds. The molecule has 0 spiro atoms. The van der Waals surface area contributed by atoms with Crippen molar-refractivity contribution in [2.24, 2.45) is 0 Å². The summed E-state index contributed by atoms with van der Waals surface area (Å²) in [6.45, 7) is 0.867. The van der Waals surface area contributed by atoms with Crippen molar-refractivity contribution in [2.75, 3.05) is 25.2 Å². The standard InChI is InChI=1S/C16H14N2O5S/c1-22-15-8-11(10-17)2-4-13(15)18-6-7-23-16-9-12(24(19,20)21)3-5-14(16)18/h2-5,8-9H,6-7H2,1H3,(H,19,20,21). The van der Waals surface area contributed by atoms with E-state index in [1.54, 1.807) is 24.3 Å². The minimum absolute atomic E-state index is 0.227. The summed E-state index contributed by atoms with van der Waals surface area (Å²) in [6, 6.07) is 11.3. The molecular formula is C16H14N2O5S. The molecule has 24 heavy (non-hydrogen) atoms. The van der Waals surface area contributed by atoms with Crippen molar-refractivity contribution in [3.63, 3.8) is 0 Å². The van der Waals surface area contributed by atoms with E-state index in [1.807, 2.05) is 4.90 Å². The van der Waals surface area contributed by atoms with E-state index >= 15 is 0 Å². The topological polar surface area (TPSA) is 99.9 Å². The predicted molar refractivity (Wildman–Crippen MR) is 86.5 cm³/mol. The molecule has 3 rings (SSSR count). The van der Waals surface area contributed by atoms with Crippen LogP contribution in [0.3, 0.4) is 0 Å². The summed E-state index contributed by atoms with van der Waals surface area (Å²) in [5.74, 6) is 0.878. The van der Waals surface area contributed by atoms with Gasteiger partial charge in [0.2, 0.25) is 0 Å². The summed E-state index contributed by atoms with van der Waals surface area (Å²) < 4.78 is 42.6. The summed E-state index contributed by atoms with van der Waals surface area (Å²) in [7, 11) is -2.78. The van der Waals surface area contributed by atoms with Crippen molar-refractivity contribution in [3.05, 3.63) is 42.0 Å². The van der Waals surface area contributed by atoms with E-state index in [1.165, 1.54) is 19.2 Å². The van der Waals surface area contributed by atoms with Crippen molar-refractivity contribution in [1.82, 2.24) is 0 Å². The van der Waals surface area contributed by atoms with Gasteiger partial charge < -0.3 is 14.4 Å². The second-order valence-corrected chi connectivity index (χ2v) is 6.52. The molecule has 1 aliphatic heterocycles. The molecular weight excluding hydrogens is 332 g/mol. The summed E-state index contributed by atoms with van der Waals surface area (Å²) in [5, 5.41) is 9.00. The molecule has 2 aromatic rings. The molecule has 0 aliphatic carbocycles. The molecule has 2 aromatic carbocycles. The predicted octanol–water partition coefficient (Wildman–Crippen LogP) is 2.34. The van der Waals surface area contributed by atoms with Crippen LogP contribution in [0.1, 0.15) is 5.56 Å². The number of fused-ring (bicyclic) bond motifs is 1. The molecule has 0 saturated heterocycles. The quantitative estimate of drug-likeness (QED) is 0.851. The maximum Gasteiger partial charge on any atom is 0.294 e. The van der Waals surface area contributed by atoms with Gasteiger partial charge in [0.1, 0.15) is 18.1 Å². The molecule has 0 saturated carbocycles. The lowest BCUT2D eigenvalue weighted by Gasteiger charge is -2.32. The van der Waals surface area contributed by atoms with Crippen molar-refractivity contribution in [1.29, 1.82) is 5.26 Å². The molecule has 0 radical (unpaired) electrons. The Kier molecular flexibility index (Phi) is 4.05. The molecule has 0 unspecified atom stereocenters. The van der Waals surface area contributed by atoms with Crippen molar-refractivity contribution < 1.29 is 22.4 Å². The monoisotopic (exact) mass is 346 g/mol. The van der Waals surface area contributed by atoms with Crippen LogP contribution in [0, 0.1) is 11.3 Å². The maximum atomic E-state index is 11.3. The number of anilines is 2. The molecule has 0 atom stereocenters. The lowest BCUT2D eigenvalue weighted by Crippen LogP contribution is -2.29. The number of hydrogen-bond acceptors (Lipinski definition) is 6. The number of nitrogens with zero attached hydrogens (tertiary/aromatic N) is 2. The highest BCUT2D eigenvalue weighted by molar-refractivity contribution is 7.85. The lowest BCUT2D eigenvalue weighted by atomic mass is 10.1. The van der Waals surface area contributed by atoms with Crippen LogP contribution < -0.4 is 14.4 Å². The van der Waals surface area contributed by atoms with E-state index in [0.717, 1.165) is 5.69 Å². The van der Waals surface area contributed by atoms with E-state index < -0.39 is 10.1 Å². The second-order valence-electron chi connectivity index (χ2n) is 5.10. The van der Waals surface area contributed by atoms with Crippen molar-refractivity contribution in [2.45, 2.75) is 4.90 Å². The fourth-order valence-corrected chi connectivity index (χ4v) is 3.08. The van der Waals surface area contributed by atoms with E-state index in [0.29, 0.717) is 35.9 Å². The van der Waals surface area contributed by atoms with Gasteiger partial charge in [0.05, 0.1) is 41.6 Å². The minimum atomic E-state index is -4.30. The fraction of sp³-hybridized carbons (Fsp3) is 0.188. The highest BCUT2D eigenvalue weighted by Gasteiger charge is 2.24. The first-order valence-corrected chi connectivity index (χ1v) is 8.48. The summed E-state index contributed by atoms with van der Waals surface area (Å²) >= 11 is 0. The Bertz CT molecular complexity index is 934. The van der Waals surface area contributed by atoms with E-state index in [4.69, 9.17) is 19.3 Å². The van der Waals surface area contributed by atoms with Crippen LogP contribution in [-0.4, -0.2) is 33.2 Å². The van der Waals surface area contributed by atoms with Crippen molar-refractivity contribution in [3.8, 4) is 17.6 Å². The molecule has 1 N–H and O–H groups in total. The molecule has 8 heteroatoms. The Morgan fingerprint density at radius 1 is 1.25 bits per heavy atom. The van der Waals surface area contributed by atoms with Gasteiger partial charge in [-0.1, -0.05) is 0 Å². The van der Waals surface area contributed by atoms with Gasteiger partial charge in [-0.25, -0.2) is 0 Å². The van der Waals surface area contributed by atoms with Gasteiger partial charge in [0.25, 0.3) is 10.1 Å². The third-order valence-corrected chi connectivity index (χ3v) is 4.54. The number of methoxy groups -OCH3 is 1. The molecule has 7 nitrogen and oxygen atoms in total. The number of benzene rings is 2. The number of rotatable bonds is 3. The zero-order valence-electron chi connectivity index (χ0n) is 12.8. The fourth-order valence-electron chi connectivity index (χ4n) is 2.58. The van der Waals surface area contributed by atoms with Gasteiger partial charge >= 0.3 is 0 Å². The molecule has 1 aliphatic rings. The Morgan fingerprint density at radius 3 is 2.67 bits per heavy atom. The Hall–Kier alpha value is -2.76. The average molecular weight is 346 g/mol. The summed E-state index contributed by atoms with van der Waals surface area (Å²) in [4.78, 5) is 1.68. The number of hydrogen-bond donors (Lipinski definition) is 1. The third kappa shape index (κ3) is 2.87. The van der Waals surface area contributed by atoms with E-state index in [-0.39, 0.29) is 4.90 Å². The van der Waals surface area contributed by atoms with Crippen molar-refractivity contribution >= 4 is 21.5 Å². The first-order valence-electron chi connectivity index (χ1n) is 7.04. The van der Waals surface area contributed by atoms with Crippen LogP contribution in [0.2, 0.25) is 0 Å². The van der Waals surface area contributed by atoms with Gasteiger partial charge in [-0.3, -0.25) is 4.55 Å². The number of nitriles is 1. The van der Waals surface area contributed by atoms with Crippen LogP contribution in [0.15, 0.2) is 41.3 Å². The average Bonchev–Trinajstić information content (AvgIpc) is 2.59. The van der Waals surface area contributed by atoms with Gasteiger partial charge in [-0.2, -0.15) is 13.7 Å². The van der Waals surface area contributed by atoms with Gasteiger partial charge in [0, 0.05) is 12.1 Å². The second kappa shape index (κ2) is 6.03.